The monoisotopic (exact) mass is 461 g/mol. The maximum Gasteiger partial charge on any atom is 0.235 e. The Kier molecular flexibility index (Phi) is 9.30. The summed E-state index contributed by atoms with van der Waals surface area (Å²) in [7, 11) is -3.54. The number of hydrogen-bond acceptors (Lipinski definition) is 7. The molecule has 2 aromatic rings. The number of hydrogen-bond donors (Lipinski definition) is 1. The van der Waals surface area contributed by atoms with Crippen molar-refractivity contribution in [3.05, 3.63) is 60.2 Å². The molecule has 9 heteroatoms. The van der Waals surface area contributed by atoms with Crippen molar-refractivity contribution in [2.24, 2.45) is 0 Å². The number of nitrogens with one attached hydrogen (secondary N) is 1. The Labute approximate surface area is 189 Å². The van der Waals surface area contributed by atoms with E-state index in [0.717, 1.165) is 19.6 Å². The fourth-order valence-corrected chi connectivity index (χ4v) is 4.84. The lowest BCUT2D eigenvalue weighted by molar-refractivity contribution is -0.118. The third-order valence-electron chi connectivity index (χ3n) is 5.13. The van der Waals surface area contributed by atoms with Crippen LogP contribution in [0.1, 0.15) is 36.8 Å². The van der Waals surface area contributed by atoms with Crippen molar-refractivity contribution in [3.63, 3.8) is 0 Å². The molecule has 3 heterocycles. The Morgan fingerprint density at radius 1 is 1.16 bits per heavy atom. The van der Waals surface area contributed by atoms with E-state index in [9.17, 15) is 13.2 Å². The predicted molar refractivity (Wildman–Crippen MR) is 122 cm³/mol. The van der Waals surface area contributed by atoms with Crippen LogP contribution < -0.4 is 10.1 Å². The van der Waals surface area contributed by atoms with Gasteiger partial charge < -0.3 is 14.5 Å². The molecule has 1 N–H and O–H groups in total. The predicted octanol–water partition coefficient (Wildman–Crippen LogP) is 2.72. The molecular weight excluding hydrogens is 430 g/mol. The van der Waals surface area contributed by atoms with Crippen molar-refractivity contribution >= 4 is 15.7 Å². The van der Waals surface area contributed by atoms with E-state index >= 15 is 0 Å². The summed E-state index contributed by atoms with van der Waals surface area (Å²) >= 11 is 0. The number of furan rings is 1. The molecule has 0 atom stereocenters. The molecular formula is C23H31N3O5S. The fraction of sp³-hybridized carbons (Fsp3) is 0.478. The first-order valence-corrected chi connectivity index (χ1v) is 12.8. The van der Waals surface area contributed by atoms with Crippen molar-refractivity contribution in [1.82, 2.24) is 15.2 Å². The summed E-state index contributed by atoms with van der Waals surface area (Å²) in [4.78, 5) is 18.6. The smallest absolute Gasteiger partial charge is 0.235 e. The van der Waals surface area contributed by atoms with E-state index in [1.807, 2.05) is 12.1 Å². The molecule has 0 radical (unpaired) electrons. The normalized spacial score (nSPS) is 15.5. The van der Waals surface area contributed by atoms with Gasteiger partial charge in [0.25, 0.3) is 0 Å². The maximum absolute atomic E-state index is 12.0. The molecule has 174 valence electrons. The highest BCUT2D eigenvalue weighted by atomic mass is 32.2. The molecule has 1 saturated heterocycles. The van der Waals surface area contributed by atoms with Gasteiger partial charge in [-0.1, -0.05) is 18.9 Å². The van der Waals surface area contributed by atoms with Gasteiger partial charge in [0.15, 0.2) is 9.84 Å². The summed E-state index contributed by atoms with van der Waals surface area (Å²) in [5, 5.41) is 2.57. The van der Waals surface area contributed by atoms with Crippen LogP contribution in [0.15, 0.2) is 53.5 Å². The van der Waals surface area contributed by atoms with Crippen LogP contribution in [0.25, 0.3) is 0 Å². The number of carbonyl (C=O) groups excluding carboxylic acids is 1. The van der Waals surface area contributed by atoms with Gasteiger partial charge in [-0.05, 0) is 49.7 Å². The van der Waals surface area contributed by atoms with Crippen LogP contribution >= 0.6 is 0 Å². The number of ether oxygens (including phenoxy) is 1. The van der Waals surface area contributed by atoms with Crippen molar-refractivity contribution in [3.8, 4) is 5.88 Å². The Bertz CT molecular complexity index is 965. The Balaban J connectivity index is 1.34. The largest absolute Gasteiger partial charge is 0.473 e. The number of rotatable bonds is 11. The van der Waals surface area contributed by atoms with Gasteiger partial charge in [0.05, 0.1) is 18.3 Å². The van der Waals surface area contributed by atoms with E-state index < -0.39 is 21.5 Å². The maximum atomic E-state index is 12.0. The van der Waals surface area contributed by atoms with E-state index in [2.05, 4.69) is 15.2 Å². The van der Waals surface area contributed by atoms with Crippen LogP contribution in [0.2, 0.25) is 0 Å². The van der Waals surface area contributed by atoms with Crippen LogP contribution in [0, 0.1) is 0 Å². The number of carbonyl (C=O) groups is 1. The molecule has 0 saturated carbocycles. The molecule has 0 unspecified atom stereocenters. The van der Waals surface area contributed by atoms with Crippen molar-refractivity contribution in [2.45, 2.75) is 38.0 Å². The van der Waals surface area contributed by atoms with Crippen LogP contribution in [-0.2, 0) is 26.9 Å². The van der Waals surface area contributed by atoms with Crippen LogP contribution in [0.4, 0.5) is 0 Å². The summed E-state index contributed by atoms with van der Waals surface area (Å²) in [5.41, 5.74) is 1.71. The molecule has 1 aliphatic heterocycles. The second-order valence-electron chi connectivity index (χ2n) is 7.94. The first-order valence-electron chi connectivity index (χ1n) is 10.9. The zero-order valence-corrected chi connectivity index (χ0v) is 19.1. The Morgan fingerprint density at radius 2 is 1.97 bits per heavy atom. The average molecular weight is 462 g/mol. The van der Waals surface area contributed by atoms with Gasteiger partial charge in [-0.3, -0.25) is 9.69 Å². The van der Waals surface area contributed by atoms with Crippen LogP contribution in [0.3, 0.4) is 0 Å². The second-order valence-corrected chi connectivity index (χ2v) is 10.0. The van der Waals surface area contributed by atoms with Gasteiger partial charge in [0, 0.05) is 30.9 Å². The third kappa shape index (κ3) is 8.84. The van der Waals surface area contributed by atoms with Gasteiger partial charge >= 0.3 is 0 Å². The minimum absolute atomic E-state index is 0.218. The van der Waals surface area contributed by atoms with Crippen LogP contribution in [-0.4, -0.2) is 56.2 Å². The highest BCUT2D eigenvalue weighted by Crippen LogP contribution is 2.15. The van der Waals surface area contributed by atoms with Crippen molar-refractivity contribution in [2.75, 3.05) is 32.0 Å². The Hall–Kier alpha value is -2.65. The van der Waals surface area contributed by atoms with Gasteiger partial charge in [0.1, 0.15) is 12.4 Å². The molecule has 8 nitrogen and oxygen atoms in total. The quantitative estimate of drug-likeness (QED) is 0.513. The van der Waals surface area contributed by atoms with Gasteiger partial charge in [-0.25, -0.2) is 13.4 Å². The molecule has 1 fully saturated rings. The van der Waals surface area contributed by atoms with Gasteiger partial charge in [0.2, 0.25) is 11.8 Å². The van der Waals surface area contributed by atoms with Crippen molar-refractivity contribution in [1.29, 1.82) is 0 Å². The first-order chi connectivity index (χ1) is 15.5. The lowest BCUT2D eigenvalue weighted by Gasteiger charge is -2.19. The summed E-state index contributed by atoms with van der Waals surface area (Å²) < 4.78 is 34.6. The third-order valence-corrected chi connectivity index (χ3v) is 6.61. The fourth-order valence-electron chi connectivity index (χ4n) is 3.57. The lowest BCUT2D eigenvalue weighted by atomic mass is 10.2. The highest BCUT2D eigenvalue weighted by molar-refractivity contribution is 7.91. The zero-order chi connectivity index (χ0) is 22.7. The second kappa shape index (κ2) is 12.4. The molecule has 0 spiro atoms. The number of aromatic nitrogens is 1. The zero-order valence-electron chi connectivity index (χ0n) is 18.2. The van der Waals surface area contributed by atoms with E-state index in [1.165, 1.54) is 43.8 Å². The summed E-state index contributed by atoms with van der Waals surface area (Å²) in [6.07, 6.45) is 13.2. The molecule has 1 amide bonds. The minimum Gasteiger partial charge on any atom is -0.473 e. The topological polar surface area (TPSA) is 102 Å². The summed E-state index contributed by atoms with van der Waals surface area (Å²) in [6, 6.07) is 5.55. The average Bonchev–Trinajstić information content (AvgIpc) is 3.11. The first kappa shape index (κ1) is 24.0. The van der Waals surface area contributed by atoms with Gasteiger partial charge in [-0.2, -0.15) is 0 Å². The molecule has 0 bridgehead atoms. The van der Waals surface area contributed by atoms with E-state index in [1.54, 1.807) is 24.4 Å². The SMILES string of the molecule is O=C(CS(=O)(=O)Cc1ccoc1)NC/C=C/COc1cc(CN2CCCCCC2)ccn1. The lowest BCUT2D eigenvalue weighted by Crippen LogP contribution is -2.30. The molecule has 0 aromatic carbocycles. The molecule has 1 aliphatic rings. The standard InChI is InChI=1S/C23H31N3O5S/c27-22(19-32(28,29)18-21-8-14-30-17-21)24-9-3-6-13-31-23-15-20(7-10-25-23)16-26-11-4-1-2-5-12-26/h3,6-8,10,14-15,17H,1-2,4-5,9,11-13,16,18-19H2,(H,24,27)/b6-3+. The summed E-state index contributed by atoms with van der Waals surface area (Å²) in [6.45, 7) is 3.72. The Morgan fingerprint density at radius 3 is 2.72 bits per heavy atom. The number of likely N-dealkylation sites (tertiary alicyclic amines) is 1. The molecule has 32 heavy (non-hydrogen) atoms. The van der Waals surface area contributed by atoms with E-state index in [4.69, 9.17) is 9.15 Å². The van der Waals surface area contributed by atoms with E-state index in [0.29, 0.717) is 18.1 Å². The highest BCUT2D eigenvalue weighted by Gasteiger charge is 2.17. The summed E-state index contributed by atoms with van der Waals surface area (Å²) in [5.74, 6) is -0.751. The number of sulfone groups is 1. The minimum atomic E-state index is -3.54. The molecule has 0 aliphatic carbocycles. The van der Waals surface area contributed by atoms with E-state index in [-0.39, 0.29) is 12.3 Å². The molecule has 2 aromatic heterocycles. The van der Waals surface area contributed by atoms with Gasteiger partial charge in [-0.15, -0.1) is 0 Å². The number of nitrogens with zero attached hydrogens (tertiary/aromatic N) is 2. The van der Waals surface area contributed by atoms with Crippen LogP contribution in [0.5, 0.6) is 5.88 Å². The molecule has 3 rings (SSSR count). The van der Waals surface area contributed by atoms with Crippen molar-refractivity contribution < 1.29 is 22.4 Å². The number of amides is 1. The number of pyridine rings is 1.